The summed E-state index contributed by atoms with van der Waals surface area (Å²) in [5, 5.41) is 18.5. The smallest absolute Gasteiger partial charge is 0.160 e. The van der Waals surface area contributed by atoms with Gasteiger partial charge in [0.15, 0.2) is 11.6 Å². The van der Waals surface area contributed by atoms with Gasteiger partial charge in [-0.05, 0) is 18.2 Å². The maximum Gasteiger partial charge on any atom is 0.160 e. The molecule has 5 heteroatoms. The van der Waals surface area contributed by atoms with E-state index in [2.05, 4.69) is 9.97 Å². The molecule has 4 rings (SSSR count). The van der Waals surface area contributed by atoms with E-state index in [4.69, 9.17) is 0 Å². The second-order valence-electron chi connectivity index (χ2n) is 6.30. The van der Waals surface area contributed by atoms with Crippen molar-refractivity contribution in [3.63, 3.8) is 0 Å². The first-order chi connectivity index (χ1) is 14.2. The number of hydrogen-bond donors (Lipinski definition) is 0. The number of aromatic nitrogens is 2. The highest BCUT2D eigenvalue weighted by Gasteiger charge is 2.15. The van der Waals surface area contributed by atoms with E-state index < -0.39 is 5.82 Å². The molecule has 0 spiro atoms. The summed E-state index contributed by atoms with van der Waals surface area (Å²) < 4.78 is 14.2. The molecule has 0 saturated heterocycles. The van der Waals surface area contributed by atoms with Gasteiger partial charge in [-0.15, -0.1) is 0 Å². The monoisotopic (exact) mass is 376 g/mol. The van der Waals surface area contributed by atoms with Crippen LogP contribution in [0.1, 0.15) is 11.1 Å². The van der Waals surface area contributed by atoms with Gasteiger partial charge in [-0.2, -0.15) is 10.5 Å². The van der Waals surface area contributed by atoms with Crippen LogP contribution in [0.5, 0.6) is 0 Å². The van der Waals surface area contributed by atoms with E-state index in [1.165, 1.54) is 12.1 Å². The van der Waals surface area contributed by atoms with Gasteiger partial charge in [0, 0.05) is 16.7 Å². The third-order valence-corrected chi connectivity index (χ3v) is 4.44. The Morgan fingerprint density at radius 1 is 0.621 bits per heavy atom. The normalized spacial score (nSPS) is 10.2. The molecule has 0 aliphatic heterocycles. The van der Waals surface area contributed by atoms with Gasteiger partial charge in [0.25, 0.3) is 0 Å². The molecule has 0 N–H and O–H groups in total. The molecular formula is C24H13FN4. The lowest BCUT2D eigenvalue weighted by atomic mass is 10.0. The number of nitrogens with zero attached hydrogens (tertiary/aromatic N) is 4. The summed E-state index contributed by atoms with van der Waals surface area (Å²) in [7, 11) is 0. The van der Waals surface area contributed by atoms with Gasteiger partial charge in [-0.25, -0.2) is 14.4 Å². The molecule has 3 aromatic carbocycles. The zero-order valence-corrected chi connectivity index (χ0v) is 15.2. The quantitative estimate of drug-likeness (QED) is 0.482. The second kappa shape index (κ2) is 7.72. The maximum atomic E-state index is 14.2. The number of benzene rings is 3. The van der Waals surface area contributed by atoms with E-state index in [0.717, 1.165) is 11.1 Å². The summed E-state index contributed by atoms with van der Waals surface area (Å²) in [4.78, 5) is 9.31. The molecule has 0 aliphatic carbocycles. The fourth-order valence-corrected chi connectivity index (χ4v) is 3.00. The topological polar surface area (TPSA) is 73.4 Å². The van der Waals surface area contributed by atoms with Crippen molar-refractivity contribution in [1.82, 2.24) is 9.97 Å². The minimum absolute atomic E-state index is 0.194. The van der Waals surface area contributed by atoms with E-state index in [1.54, 1.807) is 18.2 Å². The van der Waals surface area contributed by atoms with Crippen LogP contribution in [-0.4, -0.2) is 9.97 Å². The Bertz CT molecular complexity index is 1180. The molecule has 0 aliphatic rings. The maximum absolute atomic E-state index is 14.2. The van der Waals surface area contributed by atoms with Gasteiger partial charge in [0.05, 0.1) is 22.5 Å². The van der Waals surface area contributed by atoms with E-state index in [-0.39, 0.29) is 11.1 Å². The number of halogens is 1. The fraction of sp³-hybridized carbons (Fsp3) is 0. The molecule has 0 radical (unpaired) electrons. The minimum atomic E-state index is -0.820. The highest BCUT2D eigenvalue weighted by Crippen LogP contribution is 2.29. The molecule has 0 amide bonds. The molecule has 29 heavy (non-hydrogen) atoms. The van der Waals surface area contributed by atoms with Crippen LogP contribution >= 0.6 is 0 Å². The van der Waals surface area contributed by atoms with Gasteiger partial charge < -0.3 is 0 Å². The molecular weight excluding hydrogens is 363 g/mol. The summed E-state index contributed by atoms with van der Waals surface area (Å²) in [5.74, 6) is -0.317. The van der Waals surface area contributed by atoms with Gasteiger partial charge in [0.2, 0.25) is 0 Å². The summed E-state index contributed by atoms with van der Waals surface area (Å²) in [5.41, 5.74) is 3.02. The van der Waals surface area contributed by atoms with Crippen LogP contribution in [0, 0.1) is 28.5 Å². The Hall–Kier alpha value is -4.35. The Morgan fingerprint density at radius 2 is 1.10 bits per heavy atom. The largest absolute Gasteiger partial charge is 0.228 e. The molecule has 4 aromatic rings. The van der Waals surface area contributed by atoms with Crippen molar-refractivity contribution < 1.29 is 4.39 Å². The van der Waals surface area contributed by atoms with Crippen molar-refractivity contribution in [2.24, 2.45) is 0 Å². The van der Waals surface area contributed by atoms with Crippen LogP contribution in [0.4, 0.5) is 4.39 Å². The molecule has 0 bridgehead atoms. The first kappa shape index (κ1) is 18.0. The summed E-state index contributed by atoms with van der Waals surface area (Å²) in [6.07, 6.45) is 0. The van der Waals surface area contributed by atoms with Crippen LogP contribution in [0.15, 0.2) is 78.9 Å². The number of nitriles is 2. The predicted molar refractivity (Wildman–Crippen MR) is 108 cm³/mol. The molecule has 136 valence electrons. The lowest BCUT2D eigenvalue weighted by molar-refractivity contribution is 0.620. The Morgan fingerprint density at radius 3 is 1.62 bits per heavy atom. The Kier molecular flexibility index (Phi) is 4.80. The number of rotatable bonds is 3. The van der Waals surface area contributed by atoms with E-state index >= 15 is 0 Å². The molecule has 0 saturated carbocycles. The van der Waals surface area contributed by atoms with Crippen LogP contribution < -0.4 is 0 Å². The molecule has 1 aromatic heterocycles. The highest BCUT2D eigenvalue weighted by atomic mass is 19.1. The van der Waals surface area contributed by atoms with Crippen molar-refractivity contribution in [3.05, 3.63) is 95.8 Å². The summed E-state index contributed by atoms with van der Waals surface area (Å²) >= 11 is 0. The van der Waals surface area contributed by atoms with Crippen molar-refractivity contribution in [1.29, 1.82) is 10.5 Å². The Labute approximate surface area is 167 Å². The van der Waals surface area contributed by atoms with E-state index in [0.29, 0.717) is 22.8 Å². The zero-order chi connectivity index (χ0) is 20.2. The fourth-order valence-electron chi connectivity index (χ4n) is 3.00. The van der Waals surface area contributed by atoms with E-state index in [1.807, 2.05) is 60.7 Å². The molecule has 4 nitrogen and oxygen atoms in total. The molecule has 0 unspecified atom stereocenters. The lowest BCUT2D eigenvalue weighted by Gasteiger charge is -2.10. The van der Waals surface area contributed by atoms with Gasteiger partial charge in [-0.1, -0.05) is 60.7 Å². The Balaban J connectivity index is 1.97. The molecule has 1 heterocycles. The van der Waals surface area contributed by atoms with Gasteiger partial charge >= 0.3 is 0 Å². The average Bonchev–Trinajstić information content (AvgIpc) is 2.80. The van der Waals surface area contributed by atoms with Crippen molar-refractivity contribution in [2.75, 3.05) is 0 Å². The van der Waals surface area contributed by atoms with Gasteiger partial charge in [0.1, 0.15) is 12.1 Å². The van der Waals surface area contributed by atoms with Gasteiger partial charge in [-0.3, -0.25) is 0 Å². The standard InChI is InChI=1S/C24H13FN4/c25-23-19(14-26)11-18(12-20(23)15-27)22-13-21(16-7-3-1-4-8-16)28-24(29-22)17-9-5-2-6-10-17/h1-13H. The molecule has 0 atom stereocenters. The molecule has 0 fully saturated rings. The lowest BCUT2D eigenvalue weighted by Crippen LogP contribution is -1.98. The second-order valence-corrected chi connectivity index (χ2v) is 6.30. The van der Waals surface area contributed by atoms with Crippen LogP contribution in [0.25, 0.3) is 33.9 Å². The van der Waals surface area contributed by atoms with E-state index in [9.17, 15) is 14.9 Å². The van der Waals surface area contributed by atoms with Crippen LogP contribution in [0.3, 0.4) is 0 Å². The van der Waals surface area contributed by atoms with Crippen LogP contribution in [-0.2, 0) is 0 Å². The minimum Gasteiger partial charge on any atom is -0.228 e. The van der Waals surface area contributed by atoms with Crippen molar-refractivity contribution in [3.8, 4) is 46.0 Å². The van der Waals surface area contributed by atoms with Crippen LogP contribution in [0.2, 0.25) is 0 Å². The third kappa shape index (κ3) is 3.58. The van der Waals surface area contributed by atoms with Crippen molar-refractivity contribution in [2.45, 2.75) is 0 Å². The predicted octanol–water partition coefficient (Wildman–Crippen LogP) is 5.36. The average molecular weight is 376 g/mol. The summed E-state index contributed by atoms with van der Waals surface area (Å²) in [6.45, 7) is 0. The zero-order valence-electron chi connectivity index (χ0n) is 15.2. The third-order valence-electron chi connectivity index (χ3n) is 4.44. The summed E-state index contributed by atoms with van der Waals surface area (Å²) in [6, 6.07) is 27.3. The first-order valence-corrected chi connectivity index (χ1v) is 8.83. The highest BCUT2D eigenvalue weighted by molar-refractivity contribution is 5.73. The number of hydrogen-bond acceptors (Lipinski definition) is 4. The SMILES string of the molecule is N#Cc1cc(-c2cc(-c3ccccc3)nc(-c3ccccc3)n2)cc(C#N)c1F. The van der Waals surface area contributed by atoms with Crippen molar-refractivity contribution >= 4 is 0 Å². The first-order valence-electron chi connectivity index (χ1n) is 8.83.